The molecule has 1 fully saturated rings. The second-order valence-electron chi connectivity index (χ2n) is 4.62. The summed E-state index contributed by atoms with van der Waals surface area (Å²) in [7, 11) is 0. The van der Waals surface area contributed by atoms with Gasteiger partial charge in [0.1, 0.15) is 0 Å². The predicted octanol–water partition coefficient (Wildman–Crippen LogP) is 2.42. The van der Waals surface area contributed by atoms with Crippen LogP contribution >= 0.6 is 0 Å². The second kappa shape index (κ2) is 3.57. The predicted molar refractivity (Wildman–Crippen MR) is 55.4 cm³/mol. The van der Waals surface area contributed by atoms with E-state index < -0.39 is 12.0 Å². The Bertz CT molecular complexity index is 455. The van der Waals surface area contributed by atoms with Crippen LogP contribution in [0.25, 0.3) is 0 Å². The molecule has 92 valence electrons. The molecule has 2 aliphatic rings. The van der Waals surface area contributed by atoms with Crippen LogP contribution in [-0.2, 0) is 6.42 Å². The number of alkyl halides is 2. The molecule has 0 unspecified atom stereocenters. The van der Waals surface area contributed by atoms with Crippen molar-refractivity contribution in [1.29, 1.82) is 0 Å². The maximum absolute atomic E-state index is 12.7. The molecule has 0 atom stereocenters. The first kappa shape index (κ1) is 10.8. The normalized spacial score (nSPS) is 19.8. The van der Waals surface area contributed by atoms with Gasteiger partial charge in [-0.15, -0.1) is 0 Å². The molecule has 0 aromatic heterocycles. The highest BCUT2D eigenvalue weighted by molar-refractivity contribution is 5.52. The van der Waals surface area contributed by atoms with Gasteiger partial charge in [-0.25, -0.2) is 8.78 Å². The zero-order chi connectivity index (χ0) is 12.0. The summed E-state index contributed by atoms with van der Waals surface area (Å²) in [5.41, 5.74) is -0.218. The number of rotatable bonds is 3. The van der Waals surface area contributed by atoms with E-state index in [0.29, 0.717) is 36.3 Å². The van der Waals surface area contributed by atoms with Crippen molar-refractivity contribution in [3.63, 3.8) is 0 Å². The summed E-state index contributed by atoms with van der Waals surface area (Å²) in [5.74, 6) is 0.844. The van der Waals surface area contributed by atoms with E-state index in [1.807, 2.05) is 0 Å². The van der Waals surface area contributed by atoms with E-state index in [4.69, 9.17) is 9.47 Å². The van der Waals surface area contributed by atoms with E-state index in [-0.39, 0.29) is 12.4 Å². The van der Waals surface area contributed by atoms with Crippen LogP contribution in [0.2, 0.25) is 0 Å². The van der Waals surface area contributed by atoms with Crippen molar-refractivity contribution >= 4 is 0 Å². The summed E-state index contributed by atoms with van der Waals surface area (Å²) >= 11 is 0. The SMILES string of the molecule is OC1(Cc2cc(C(F)F)cc3c2OCO3)CC1. The van der Waals surface area contributed by atoms with Crippen LogP contribution in [0.3, 0.4) is 0 Å². The molecule has 1 aliphatic carbocycles. The van der Waals surface area contributed by atoms with Gasteiger partial charge in [-0.1, -0.05) is 0 Å². The van der Waals surface area contributed by atoms with Crippen molar-refractivity contribution in [3.8, 4) is 11.5 Å². The summed E-state index contributed by atoms with van der Waals surface area (Å²) in [6.07, 6.45) is -0.778. The number of hydrogen-bond donors (Lipinski definition) is 1. The molecule has 0 spiro atoms. The van der Waals surface area contributed by atoms with Gasteiger partial charge in [-0.3, -0.25) is 0 Å². The van der Waals surface area contributed by atoms with E-state index in [2.05, 4.69) is 0 Å². The van der Waals surface area contributed by atoms with Gasteiger partial charge in [-0.05, 0) is 25.0 Å². The molecule has 1 heterocycles. The largest absolute Gasteiger partial charge is 0.454 e. The summed E-state index contributed by atoms with van der Waals surface area (Å²) in [6, 6.07) is 2.70. The first-order valence-corrected chi connectivity index (χ1v) is 5.50. The fourth-order valence-electron chi connectivity index (χ4n) is 2.04. The minimum absolute atomic E-state index is 0.0491. The molecule has 1 saturated carbocycles. The van der Waals surface area contributed by atoms with Gasteiger partial charge in [-0.2, -0.15) is 0 Å². The molecule has 1 aromatic rings. The average molecular weight is 242 g/mol. The molecule has 1 aromatic carbocycles. The monoisotopic (exact) mass is 242 g/mol. The van der Waals surface area contributed by atoms with Crippen LogP contribution in [0.1, 0.15) is 30.4 Å². The van der Waals surface area contributed by atoms with Crippen LogP contribution < -0.4 is 9.47 Å². The smallest absolute Gasteiger partial charge is 0.263 e. The summed E-state index contributed by atoms with van der Waals surface area (Å²) in [5, 5.41) is 9.86. The molecule has 0 bridgehead atoms. The van der Waals surface area contributed by atoms with E-state index in [9.17, 15) is 13.9 Å². The Balaban J connectivity index is 1.99. The second-order valence-corrected chi connectivity index (χ2v) is 4.62. The molecule has 5 heteroatoms. The number of ether oxygens (including phenoxy) is 2. The van der Waals surface area contributed by atoms with Crippen LogP contribution in [0.4, 0.5) is 8.78 Å². The molecule has 1 aliphatic heterocycles. The van der Waals surface area contributed by atoms with Crippen molar-refractivity contribution in [3.05, 3.63) is 23.3 Å². The summed E-state index contributed by atoms with van der Waals surface area (Å²) < 4.78 is 35.8. The Kier molecular flexibility index (Phi) is 2.26. The maximum Gasteiger partial charge on any atom is 0.263 e. The molecule has 17 heavy (non-hydrogen) atoms. The lowest BCUT2D eigenvalue weighted by Gasteiger charge is -2.12. The molecule has 0 amide bonds. The minimum Gasteiger partial charge on any atom is -0.454 e. The van der Waals surface area contributed by atoms with Crippen LogP contribution in [0, 0.1) is 0 Å². The quantitative estimate of drug-likeness (QED) is 0.884. The van der Waals surface area contributed by atoms with Gasteiger partial charge in [0.15, 0.2) is 11.5 Å². The third-order valence-electron chi connectivity index (χ3n) is 3.17. The van der Waals surface area contributed by atoms with Gasteiger partial charge in [0, 0.05) is 17.5 Å². The standard InChI is InChI=1S/C12H12F2O3/c13-11(14)7-3-8(5-12(15)1-2-12)10-9(4-7)16-6-17-10/h3-4,11,15H,1-2,5-6H2. The molecular weight excluding hydrogens is 230 g/mol. The Morgan fingerprint density at radius 1 is 1.29 bits per heavy atom. The highest BCUT2D eigenvalue weighted by atomic mass is 19.3. The zero-order valence-electron chi connectivity index (χ0n) is 9.08. The molecule has 0 radical (unpaired) electrons. The van der Waals surface area contributed by atoms with Gasteiger partial charge in [0.25, 0.3) is 6.43 Å². The first-order valence-electron chi connectivity index (χ1n) is 5.50. The lowest BCUT2D eigenvalue weighted by molar-refractivity contribution is 0.145. The first-order chi connectivity index (χ1) is 8.07. The minimum atomic E-state index is -2.54. The fraction of sp³-hybridized carbons (Fsp3) is 0.500. The van der Waals surface area contributed by atoms with Crippen LogP contribution in [0.5, 0.6) is 11.5 Å². The van der Waals surface area contributed by atoms with E-state index in [1.54, 1.807) is 0 Å². The van der Waals surface area contributed by atoms with Crippen LogP contribution in [-0.4, -0.2) is 17.5 Å². The molecule has 3 nitrogen and oxygen atoms in total. The highest BCUT2D eigenvalue weighted by Crippen LogP contribution is 2.45. The number of halogens is 2. The van der Waals surface area contributed by atoms with Crippen LogP contribution in [0.15, 0.2) is 12.1 Å². The highest BCUT2D eigenvalue weighted by Gasteiger charge is 2.41. The van der Waals surface area contributed by atoms with Crippen molar-refractivity contribution < 1.29 is 23.4 Å². The van der Waals surface area contributed by atoms with Gasteiger partial charge >= 0.3 is 0 Å². The van der Waals surface area contributed by atoms with Gasteiger partial charge in [0.2, 0.25) is 6.79 Å². The van der Waals surface area contributed by atoms with E-state index in [1.165, 1.54) is 12.1 Å². The average Bonchev–Trinajstić information content (AvgIpc) is 2.81. The third kappa shape index (κ3) is 1.95. The lowest BCUT2D eigenvalue weighted by atomic mass is 10.0. The van der Waals surface area contributed by atoms with Crippen molar-refractivity contribution in [1.82, 2.24) is 0 Å². The number of aliphatic hydroxyl groups is 1. The number of hydrogen-bond acceptors (Lipinski definition) is 3. The Morgan fingerprint density at radius 2 is 2.06 bits per heavy atom. The molecule has 1 N–H and O–H groups in total. The van der Waals surface area contributed by atoms with Gasteiger partial charge in [0.05, 0.1) is 5.60 Å². The summed E-state index contributed by atoms with van der Waals surface area (Å²) in [6.45, 7) is 0.0491. The molecule has 3 rings (SSSR count). The maximum atomic E-state index is 12.7. The Labute approximate surface area is 97.0 Å². The number of fused-ring (bicyclic) bond motifs is 1. The van der Waals surface area contributed by atoms with E-state index in [0.717, 1.165) is 0 Å². The zero-order valence-corrected chi connectivity index (χ0v) is 9.08. The third-order valence-corrected chi connectivity index (χ3v) is 3.17. The Hall–Kier alpha value is -1.36. The van der Waals surface area contributed by atoms with E-state index >= 15 is 0 Å². The van der Waals surface area contributed by atoms with Crippen molar-refractivity contribution in [2.24, 2.45) is 0 Å². The van der Waals surface area contributed by atoms with Crippen molar-refractivity contribution in [2.75, 3.05) is 6.79 Å². The number of benzene rings is 1. The van der Waals surface area contributed by atoms with Gasteiger partial charge < -0.3 is 14.6 Å². The molecule has 0 saturated heterocycles. The summed E-state index contributed by atoms with van der Waals surface area (Å²) in [4.78, 5) is 0. The Morgan fingerprint density at radius 3 is 2.71 bits per heavy atom. The van der Waals surface area contributed by atoms with Crippen molar-refractivity contribution in [2.45, 2.75) is 31.3 Å². The molecular formula is C12H12F2O3. The fourth-order valence-corrected chi connectivity index (χ4v) is 2.04. The lowest BCUT2D eigenvalue weighted by Crippen LogP contribution is -2.11. The topological polar surface area (TPSA) is 38.7 Å².